The number of aryl methyl sites for hydroxylation is 1. The summed E-state index contributed by atoms with van der Waals surface area (Å²) in [6.45, 7) is 2.45. The molecule has 2 bridgehead atoms. The van der Waals surface area contributed by atoms with E-state index in [1.807, 2.05) is 11.7 Å². The number of thiophene rings is 1. The Morgan fingerprint density at radius 2 is 1.94 bits per heavy atom. The molecular formula is C26H28N4O2S2. The van der Waals surface area contributed by atoms with Crippen LogP contribution < -0.4 is 4.72 Å². The zero-order valence-corrected chi connectivity index (χ0v) is 20.7. The maximum absolute atomic E-state index is 12.6. The number of hydrogen-bond acceptors (Lipinski definition) is 5. The molecule has 0 radical (unpaired) electrons. The molecule has 3 fully saturated rings. The van der Waals surface area contributed by atoms with Crippen molar-refractivity contribution in [3.05, 3.63) is 71.7 Å². The molecule has 8 heteroatoms. The fourth-order valence-electron chi connectivity index (χ4n) is 5.70. The molecule has 176 valence electrons. The summed E-state index contributed by atoms with van der Waals surface area (Å²) in [7, 11) is -1.38. The first-order valence-electron chi connectivity index (χ1n) is 11.8. The Kier molecular flexibility index (Phi) is 5.56. The van der Waals surface area contributed by atoms with Crippen LogP contribution in [0.4, 0.5) is 0 Å². The minimum atomic E-state index is -3.42. The number of benzene rings is 2. The number of nitrogens with one attached hydrogen (secondary N) is 1. The lowest BCUT2D eigenvalue weighted by atomic mass is 9.74. The van der Waals surface area contributed by atoms with Gasteiger partial charge in [-0.15, -0.1) is 11.3 Å². The van der Waals surface area contributed by atoms with Gasteiger partial charge in [0.1, 0.15) is 4.21 Å². The lowest BCUT2D eigenvalue weighted by Crippen LogP contribution is -2.56. The first-order valence-corrected chi connectivity index (χ1v) is 14.1. The standard InChI is InChI=1S/C26H28N4O2S2/c1-29-25(15-24(28-29)21-9-8-18-5-2-3-6-19(18)13-21)23-17-30-11-10-20(23)14-22(30)16-27-34(31,32)26-7-4-12-33-26/h2-9,12-13,15,20,22-23,27H,10-11,14,16-17H2,1H3/t20-,22+,23+/m0/s1. The fourth-order valence-corrected chi connectivity index (χ4v) is 7.81. The Labute approximate surface area is 204 Å². The van der Waals surface area contributed by atoms with Crippen molar-refractivity contribution in [2.45, 2.75) is 29.0 Å². The molecule has 7 rings (SSSR count). The SMILES string of the molecule is Cn1nc(-c2ccc3ccccc3c2)cc1[C@@H]1CN2CC[C@H]1C[C@@H]2CNS(=O)(=O)c1cccs1. The molecule has 4 aromatic rings. The first-order chi connectivity index (χ1) is 16.5. The van der Waals surface area contributed by atoms with Crippen LogP contribution in [0.2, 0.25) is 0 Å². The smallest absolute Gasteiger partial charge is 0.250 e. The number of sulfonamides is 1. The highest BCUT2D eigenvalue weighted by atomic mass is 32.2. The van der Waals surface area contributed by atoms with Gasteiger partial charge in [-0.3, -0.25) is 9.58 Å². The van der Waals surface area contributed by atoms with Crippen LogP contribution in [-0.4, -0.2) is 48.8 Å². The summed E-state index contributed by atoms with van der Waals surface area (Å²) in [4.78, 5) is 2.46. The van der Waals surface area contributed by atoms with Crippen LogP contribution in [0, 0.1) is 5.92 Å². The van der Waals surface area contributed by atoms with Crippen LogP contribution >= 0.6 is 11.3 Å². The van der Waals surface area contributed by atoms with Gasteiger partial charge in [-0.25, -0.2) is 13.1 Å². The monoisotopic (exact) mass is 492 g/mol. The second-order valence-electron chi connectivity index (χ2n) is 9.46. The molecule has 4 atom stereocenters. The van der Waals surface area contributed by atoms with Gasteiger partial charge in [-0.1, -0.05) is 42.5 Å². The van der Waals surface area contributed by atoms with Gasteiger partial charge < -0.3 is 0 Å². The molecule has 3 saturated heterocycles. The number of fused-ring (bicyclic) bond motifs is 4. The van der Waals surface area contributed by atoms with Crippen molar-refractivity contribution in [2.24, 2.45) is 13.0 Å². The van der Waals surface area contributed by atoms with Gasteiger partial charge in [0.25, 0.3) is 0 Å². The molecule has 5 heterocycles. The highest BCUT2D eigenvalue weighted by molar-refractivity contribution is 7.91. The van der Waals surface area contributed by atoms with E-state index < -0.39 is 10.0 Å². The largest absolute Gasteiger partial charge is 0.298 e. The van der Waals surface area contributed by atoms with Crippen LogP contribution in [0.5, 0.6) is 0 Å². The Balaban J connectivity index is 1.18. The number of aromatic nitrogens is 2. The van der Waals surface area contributed by atoms with Crippen LogP contribution in [0.1, 0.15) is 24.5 Å². The van der Waals surface area contributed by atoms with E-state index in [1.165, 1.54) is 27.8 Å². The van der Waals surface area contributed by atoms with Gasteiger partial charge in [0.05, 0.1) is 5.69 Å². The van der Waals surface area contributed by atoms with Crippen molar-refractivity contribution in [2.75, 3.05) is 19.6 Å². The van der Waals surface area contributed by atoms with E-state index in [1.54, 1.807) is 17.5 Å². The molecule has 1 unspecified atom stereocenters. The average Bonchev–Trinajstić information content (AvgIpc) is 3.54. The summed E-state index contributed by atoms with van der Waals surface area (Å²) in [5.74, 6) is 0.965. The molecule has 1 N–H and O–H groups in total. The third-order valence-electron chi connectivity index (χ3n) is 7.49. The fraction of sp³-hybridized carbons (Fsp3) is 0.346. The predicted octanol–water partition coefficient (Wildman–Crippen LogP) is 4.46. The summed E-state index contributed by atoms with van der Waals surface area (Å²) in [5.41, 5.74) is 3.43. The van der Waals surface area contributed by atoms with E-state index in [0.29, 0.717) is 22.6 Å². The van der Waals surface area contributed by atoms with E-state index in [4.69, 9.17) is 5.10 Å². The van der Waals surface area contributed by atoms with Crippen molar-refractivity contribution in [1.29, 1.82) is 0 Å². The number of piperidine rings is 3. The molecule has 3 aliphatic heterocycles. The summed E-state index contributed by atoms with van der Waals surface area (Å²) >= 11 is 1.26. The zero-order valence-electron chi connectivity index (χ0n) is 19.1. The first kappa shape index (κ1) is 22.0. The molecule has 0 saturated carbocycles. The van der Waals surface area contributed by atoms with E-state index in [-0.39, 0.29) is 6.04 Å². The number of rotatable bonds is 6. The molecular weight excluding hydrogens is 464 g/mol. The molecule has 2 aromatic heterocycles. The third kappa shape index (κ3) is 3.98. The maximum atomic E-state index is 12.6. The highest BCUT2D eigenvalue weighted by Gasteiger charge is 2.42. The van der Waals surface area contributed by atoms with Gasteiger partial charge >= 0.3 is 0 Å². The Morgan fingerprint density at radius 3 is 2.71 bits per heavy atom. The van der Waals surface area contributed by atoms with E-state index in [2.05, 4.69) is 58.2 Å². The van der Waals surface area contributed by atoms with E-state index in [0.717, 1.165) is 37.2 Å². The molecule has 3 aliphatic rings. The Hall–Kier alpha value is -2.52. The van der Waals surface area contributed by atoms with Crippen molar-refractivity contribution < 1.29 is 8.42 Å². The molecule has 0 aliphatic carbocycles. The van der Waals surface area contributed by atoms with Crippen LogP contribution in [0.25, 0.3) is 22.0 Å². The van der Waals surface area contributed by atoms with Crippen LogP contribution in [0.15, 0.2) is 70.3 Å². The number of hydrogen-bond donors (Lipinski definition) is 1. The van der Waals surface area contributed by atoms with Crippen LogP contribution in [0.3, 0.4) is 0 Å². The Morgan fingerprint density at radius 1 is 1.09 bits per heavy atom. The summed E-state index contributed by atoms with van der Waals surface area (Å²) < 4.78 is 30.4. The lowest BCUT2D eigenvalue weighted by molar-refractivity contribution is 0.0306. The van der Waals surface area contributed by atoms with Crippen molar-refractivity contribution in [3.63, 3.8) is 0 Å². The molecule has 6 nitrogen and oxygen atoms in total. The van der Waals surface area contributed by atoms with Gasteiger partial charge in [0, 0.05) is 43.4 Å². The van der Waals surface area contributed by atoms with Crippen molar-refractivity contribution >= 4 is 32.1 Å². The van der Waals surface area contributed by atoms with Gasteiger partial charge in [0.15, 0.2) is 0 Å². The Bertz CT molecular complexity index is 1430. The number of nitrogens with zero attached hydrogens (tertiary/aromatic N) is 3. The minimum absolute atomic E-state index is 0.248. The second-order valence-corrected chi connectivity index (χ2v) is 12.4. The molecule has 2 aromatic carbocycles. The average molecular weight is 493 g/mol. The quantitative estimate of drug-likeness (QED) is 0.432. The van der Waals surface area contributed by atoms with Gasteiger partial charge in [-0.05, 0) is 59.7 Å². The van der Waals surface area contributed by atoms with E-state index in [9.17, 15) is 8.42 Å². The lowest BCUT2D eigenvalue weighted by Gasteiger charge is -2.49. The second kappa shape index (κ2) is 8.61. The zero-order chi connectivity index (χ0) is 23.3. The minimum Gasteiger partial charge on any atom is -0.298 e. The normalized spacial score (nSPS) is 24.6. The van der Waals surface area contributed by atoms with Crippen molar-refractivity contribution in [3.8, 4) is 11.3 Å². The molecule has 34 heavy (non-hydrogen) atoms. The topological polar surface area (TPSA) is 67.2 Å². The molecule has 0 amide bonds. The van der Waals surface area contributed by atoms with Crippen LogP contribution in [-0.2, 0) is 17.1 Å². The molecule has 0 spiro atoms. The highest BCUT2D eigenvalue weighted by Crippen LogP contribution is 2.42. The van der Waals surface area contributed by atoms with Gasteiger partial charge in [-0.2, -0.15) is 5.10 Å². The summed E-state index contributed by atoms with van der Waals surface area (Å²) in [6, 6.07) is 20.9. The van der Waals surface area contributed by atoms with Crippen molar-refractivity contribution in [1.82, 2.24) is 19.4 Å². The third-order valence-corrected chi connectivity index (χ3v) is 10.3. The summed E-state index contributed by atoms with van der Waals surface area (Å²) in [5, 5.41) is 9.13. The van der Waals surface area contributed by atoms with Gasteiger partial charge in [0.2, 0.25) is 10.0 Å². The predicted molar refractivity (Wildman–Crippen MR) is 136 cm³/mol. The summed E-state index contributed by atoms with van der Waals surface area (Å²) in [6.07, 6.45) is 2.16. The maximum Gasteiger partial charge on any atom is 0.250 e. The van der Waals surface area contributed by atoms with E-state index >= 15 is 0 Å².